The van der Waals surface area contributed by atoms with Gasteiger partial charge in [0.25, 0.3) is 0 Å². The van der Waals surface area contributed by atoms with Crippen molar-refractivity contribution in [3.05, 3.63) is 29.6 Å². The summed E-state index contributed by atoms with van der Waals surface area (Å²) in [6.45, 7) is 8.64. The van der Waals surface area contributed by atoms with Crippen molar-refractivity contribution in [3.8, 4) is 0 Å². The predicted molar refractivity (Wildman–Crippen MR) is 89.3 cm³/mol. The van der Waals surface area contributed by atoms with E-state index in [1.165, 1.54) is 12.1 Å². The highest BCUT2D eigenvalue weighted by Crippen LogP contribution is 2.28. The van der Waals surface area contributed by atoms with Crippen LogP contribution in [-0.2, 0) is 4.74 Å². The fraction of sp³-hybridized carbons (Fsp3) is 0.588. The summed E-state index contributed by atoms with van der Waals surface area (Å²) in [7, 11) is 1.75. The molecule has 1 N–H and O–H groups in total. The average Bonchev–Trinajstić information content (AvgIpc) is 2.54. The number of halogens is 1. The Balaban J connectivity index is 2.19. The Morgan fingerprint density at radius 2 is 1.96 bits per heavy atom. The van der Waals surface area contributed by atoms with Crippen molar-refractivity contribution in [2.75, 3.05) is 38.3 Å². The highest BCUT2D eigenvalue weighted by atomic mass is 19.1. The Kier molecular flexibility index (Phi) is 5.82. The van der Waals surface area contributed by atoms with E-state index in [-0.39, 0.29) is 23.9 Å². The van der Waals surface area contributed by atoms with Crippen LogP contribution in [-0.4, -0.2) is 50.3 Å². The van der Waals surface area contributed by atoms with Gasteiger partial charge >= 0.3 is 6.03 Å². The molecule has 2 amide bonds. The molecule has 0 aliphatic carbocycles. The smallest absolute Gasteiger partial charge is 0.317 e. The molecule has 1 fully saturated rings. The minimum Gasteiger partial charge on any atom is -0.378 e. The number of anilines is 1. The molecule has 1 aromatic rings. The number of rotatable bonds is 4. The molecule has 23 heavy (non-hydrogen) atoms. The molecule has 1 unspecified atom stereocenters. The van der Waals surface area contributed by atoms with Crippen LogP contribution >= 0.6 is 0 Å². The van der Waals surface area contributed by atoms with Gasteiger partial charge in [0, 0.05) is 37.4 Å². The summed E-state index contributed by atoms with van der Waals surface area (Å²) in [6.07, 6.45) is 0. The van der Waals surface area contributed by atoms with Crippen LogP contribution in [0.25, 0.3) is 0 Å². The van der Waals surface area contributed by atoms with Crippen LogP contribution in [0.1, 0.15) is 32.4 Å². The van der Waals surface area contributed by atoms with Crippen molar-refractivity contribution in [2.45, 2.75) is 32.9 Å². The topological polar surface area (TPSA) is 44.8 Å². The van der Waals surface area contributed by atoms with Gasteiger partial charge in [-0.25, -0.2) is 9.18 Å². The minimum atomic E-state index is -0.296. The summed E-state index contributed by atoms with van der Waals surface area (Å²) < 4.78 is 19.1. The van der Waals surface area contributed by atoms with Crippen LogP contribution in [0, 0.1) is 5.82 Å². The first kappa shape index (κ1) is 17.5. The number of morpholine rings is 1. The quantitative estimate of drug-likeness (QED) is 0.927. The Labute approximate surface area is 137 Å². The van der Waals surface area contributed by atoms with Gasteiger partial charge in [-0.2, -0.15) is 0 Å². The molecular formula is C17H26FN3O2. The van der Waals surface area contributed by atoms with Gasteiger partial charge in [-0.05, 0) is 39.0 Å². The van der Waals surface area contributed by atoms with Crippen LogP contribution in [0.4, 0.5) is 14.9 Å². The monoisotopic (exact) mass is 323 g/mol. The third kappa shape index (κ3) is 4.34. The van der Waals surface area contributed by atoms with E-state index in [9.17, 15) is 9.18 Å². The van der Waals surface area contributed by atoms with Crippen molar-refractivity contribution < 1.29 is 13.9 Å². The third-order valence-electron chi connectivity index (χ3n) is 4.24. The maximum Gasteiger partial charge on any atom is 0.317 e. The van der Waals surface area contributed by atoms with E-state index in [1.54, 1.807) is 18.0 Å². The van der Waals surface area contributed by atoms with E-state index < -0.39 is 0 Å². The molecule has 5 nitrogen and oxygen atoms in total. The zero-order chi connectivity index (χ0) is 17.0. The number of carbonyl (C=O) groups excluding carboxylic acids is 1. The van der Waals surface area contributed by atoms with Crippen LogP contribution < -0.4 is 10.2 Å². The van der Waals surface area contributed by atoms with E-state index in [4.69, 9.17) is 4.74 Å². The largest absolute Gasteiger partial charge is 0.378 e. The molecule has 0 bridgehead atoms. The van der Waals surface area contributed by atoms with Crippen LogP contribution in [0.2, 0.25) is 0 Å². The third-order valence-corrected chi connectivity index (χ3v) is 4.24. The molecular weight excluding hydrogens is 297 g/mol. The molecule has 1 aliphatic heterocycles. The summed E-state index contributed by atoms with van der Waals surface area (Å²) in [5, 5.41) is 2.95. The van der Waals surface area contributed by atoms with E-state index >= 15 is 0 Å². The summed E-state index contributed by atoms with van der Waals surface area (Å²) in [4.78, 5) is 16.0. The standard InChI is InChI=1S/C17H26FN3O2/c1-12(2)20(4)17(22)19-13(3)15-11-14(18)5-6-16(15)21-7-9-23-10-8-21/h5-6,11-13H,7-10H2,1-4H3,(H,19,22). The molecule has 1 aliphatic rings. The zero-order valence-corrected chi connectivity index (χ0v) is 14.3. The first-order chi connectivity index (χ1) is 10.9. The lowest BCUT2D eigenvalue weighted by molar-refractivity contribution is 0.122. The second-order valence-corrected chi connectivity index (χ2v) is 6.18. The maximum atomic E-state index is 13.7. The Hall–Kier alpha value is -1.82. The van der Waals surface area contributed by atoms with Gasteiger partial charge in [0.05, 0.1) is 19.3 Å². The highest BCUT2D eigenvalue weighted by molar-refractivity contribution is 5.75. The number of nitrogens with zero attached hydrogens (tertiary/aromatic N) is 2. The van der Waals surface area contributed by atoms with Gasteiger partial charge in [0.2, 0.25) is 0 Å². The van der Waals surface area contributed by atoms with E-state index in [0.717, 1.165) is 24.3 Å². The summed E-state index contributed by atoms with van der Waals surface area (Å²) in [5.41, 5.74) is 1.74. The number of carbonyl (C=O) groups is 1. The second-order valence-electron chi connectivity index (χ2n) is 6.18. The maximum absolute atomic E-state index is 13.7. The fourth-order valence-corrected chi connectivity index (χ4v) is 2.56. The number of hydrogen-bond donors (Lipinski definition) is 1. The Morgan fingerprint density at radius 3 is 2.57 bits per heavy atom. The molecule has 0 radical (unpaired) electrons. The number of hydrogen-bond acceptors (Lipinski definition) is 3. The number of ether oxygens (including phenoxy) is 1. The van der Waals surface area contributed by atoms with Gasteiger partial charge < -0.3 is 19.9 Å². The Bertz CT molecular complexity index is 545. The summed E-state index contributed by atoms with van der Waals surface area (Å²) >= 11 is 0. The average molecular weight is 323 g/mol. The van der Waals surface area contributed by atoms with E-state index in [0.29, 0.717) is 13.2 Å². The van der Waals surface area contributed by atoms with Crippen LogP contribution in [0.5, 0.6) is 0 Å². The fourth-order valence-electron chi connectivity index (χ4n) is 2.56. The van der Waals surface area contributed by atoms with Crippen molar-refractivity contribution in [2.24, 2.45) is 0 Å². The molecule has 0 saturated carbocycles. The molecule has 1 atom stereocenters. The van der Waals surface area contributed by atoms with Crippen molar-refractivity contribution in [3.63, 3.8) is 0 Å². The normalized spacial score (nSPS) is 16.3. The highest BCUT2D eigenvalue weighted by Gasteiger charge is 2.21. The molecule has 2 rings (SSSR count). The van der Waals surface area contributed by atoms with E-state index in [2.05, 4.69) is 10.2 Å². The van der Waals surface area contributed by atoms with Gasteiger partial charge in [-0.15, -0.1) is 0 Å². The lowest BCUT2D eigenvalue weighted by Gasteiger charge is -2.32. The SMILES string of the molecule is CC(NC(=O)N(C)C(C)C)c1cc(F)ccc1N1CCOCC1. The molecule has 128 valence electrons. The molecule has 6 heteroatoms. The Morgan fingerprint density at radius 1 is 1.30 bits per heavy atom. The van der Waals surface area contributed by atoms with Gasteiger partial charge in [0.1, 0.15) is 5.82 Å². The molecule has 0 spiro atoms. The first-order valence-corrected chi connectivity index (χ1v) is 8.05. The molecule has 1 aromatic carbocycles. The number of benzene rings is 1. The zero-order valence-electron chi connectivity index (χ0n) is 14.3. The van der Waals surface area contributed by atoms with Crippen molar-refractivity contribution >= 4 is 11.7 Å². The van der Waals surface area contributed by atoms with Gasteiger partial charge in [-0.1, -0.05) is 0 Å². The number of urea groups is 1. The summed E-state index contributed by atoms with van der Waals surface area (Å²) in [5.74, 6) is -0.296. The number of amides is 2. The van der Waals surface area contributed by atoms with Crippen LogP contribution in [0.15, 0.2) is 18.2 Å². The minimum absolute atomic E-state index is 0.105. The first-order valence-electron chi connectivity index (χ1n) is 8.05. The van der Waals surface area contributed by atoms with Gasteiger partial charge in [-0.3, -0.25) is 0 Å². The molecule has 1 saturated heterocycles. The van der Waals surface area contributed by atoms with Gasteiger partial charge in [0.15, 0.2) is 0 Å². The van der Waals surface area contributed by atoms with Crippen molar-refractivity contribution in [1.29, 1.82) is 0 Å². The molecule has 1 heterocycles. The van der Waals surface area contributed by atoms with Crippen molar-refractivity contribution in [1.82, 2.24) is 10.2 Å². The van der Waals surface area contributed by atoms with Crippen LogP contribution in [0.3, 0.4) is 0 Å². The number of nitrogens with one attached hydrogen (secondary N) is 1. The molecule has 0 aromatic heterocycles. The lowest BCUT2D eigenvalue weighted by atomic mass is 10.0. The second kappa shape index (κ2) is 7.64. The summed E-state index contributed by atoms with van der Waals surface area (Å²) in [6, 6.07) is 4.41. The van der Waals surface area contributed by atoms with E-state index in [1.807, 2.05) is 20.8 Å². The predicted octanol–water partition coefficient (Wildman–Crippen LogP) is 2.77. The lowest BCUT2D eigenvalue weighted by Crippen LogP contribution is -2.43.